The fourth-order valence-electron chi connectivity index (χ4n) is 2.64. The number of carbonyl (C=O) groups is 1. The molecule has 0 saturated carbocycles. The van der Waals surface area contributed by atoms with E-state index in [9.17, 15) is 4.79 Å². The van der Waals surface area contributed by atoms with E-state index in [0.29, 0.717) is 0 Å². The molecule has 0 N–H and O–H groups in total. The molecule has 1 aromatic carbocycles. The molecule has 2 rings (SSSR count). The van der Waals surface area contributed by atoms with Gasteiger partial charge in [0, 0.05) is 9.61 Å². The van der Waals surface area contributed by atoms with Gasteiger partial charge < -0.3 is 4.74 Å². The number of carbonyl (C=O) groups excluding carboxylic acids is 1. The summed E-state index contributed by atoms with van der Waals surface area (Å²) in [5, 5.41) is 0. The van der Waals surface area contributed by atoms with Crippen LogP contribution in [0.1, 0.15) is 45.2 Å². The van der Waals surface area contributed by atoms with Crippen LogP contribution in [0.5, 0.6) is 0 Å². The average molecular weight is 387 g/mol. The standard InChI is InChI=1S/C16H22INO2/c1-10-8-13(17)9-12-7-6-11(2)18(14(10)12)15(19)20-16(3,4)5/h8-9,11H,6-7H2,1-5H3. The lowest BCUT2D eigenvalue weighted by Gasteiger charge is -2.37. The molecule has 1 aliphatic heterocycles. The molecule has 110 valence electrons. The number of rotatable bonds is 0. The lowest BCUT2D eigenvalue weighted by atomic mass is 9.94. The first-order chi connectivity index (χ1) is 9.19. The van der Waals surface area contributed by atoms with E-state index in [-0.39, 0.29) is 12.1 Å². The monoisotopic (exact) mass is 387 g/mol. The van der Waals surface area contributed by atoms with Crippen molar-refractivity contribution < 1.29 is 9.53 Å². The van der Waals surface area contributed by atoms with Crippen molar-refractivity contribution in [2.75, 3.05) is 4.90 Å². The highest BCUT2D eigenvalue weighted by Gasteiger charge is 2.32. The Morgan fingerprint density at radius 3 is 2.65 bits per heavy atom. The molecule has 0 radical (unpaired) electrons. The van der Waals surface area contributed by atoms with E-state index in [0.717, 1.165) is 24.1 Å². The van der Waals surface area contributed by atoms with Gasteiger partial charge in [0.25, 0.3) is 0 Å². The average Bonchev–Trinajstić information content (AvgIpc) is 2.27. The second-order valence-corrected chi connectivity index (χ2v) is 7.71. The van der Waals surface area contributed by atoms with E-state index in [1.54, 1.807) is 0 Å². The molecule has 1 aliphatic rings. The maximum Gasteiger partial charge on any atom is 0.415 e. The summed E-state index contributed by atoms with van der Waals surface area (Å²) < 4.78 is 6.79. The summed E-state index contributed by atoms with van der Waals surface area (Å²) in [4.78, 5) is 14.4. The van der Waals surface area contributed by atoms with Crippen LogP contribution in [0.4, 0.5) is 10.5 Å². The van der Waals surface area contributed by atoms with Crippen molar-refractivity contribution in [3.8, 4) is 0 Å². The molecule has 0 bridgehead atoms. The minimum atomic E-state index is -0.467. The number of aryl methyl sites for hydroxylation is 2. The molecule has 20 heavy (non-hydrogen) atoms. The van der Waals surface area contributed by atoms with Gasteiger partial charge in [0.1, 0.15) is 5.60 Å². The summed E-state index contributed by atoms with van der Waals surface area (Å²) >= 11 is 2.33. The maximum atomic E-state index is 12.5. The summed E-state index contributed by atoms with van der Waals surface area (Å²) in [6.07, 6.45) is 1.76. The van der Waals surface area contributed by atoms with Crippen molar-refractivity contribution in [3.05, 3.63) is 26.8 Å². The third-order valence-corrected chi connectivity index (χ3v) is 4.07. The van der Waals surface area contributed by atoms with Gasteiger partial charge in [-0.25, -0.2) is 4.79 Å². The lowest BCUT2D eigenvalue weighted by Crippen LogP contribution is -2.45. The minimum absolute atomic E-state index is 0.177. The van der Waals surface area contributed by atoms with Gasteiger partial charge in [-0.1, -0.05) is 0 Å². The molecule has 0 saturated heterocycles. The van der Waals surface area contributed by atoms with E-state index in [1.165, 1.54) is 9.13 Å². The van der Waals surface area contributed by atoms with Crippen LogP contribution in [0.3, 0.4) is 0 Å². The van der Waals surface area contributed by atoms with Gasteiger partial charge in [0.2, 0.25) is 0 Å². The molecule has 1 unspecified atom stereocenters. The second kappa shape index (κ2) is 5.54. The number of fused-ring (bicyclic) bond motifs is 1. The predicted octanol–water partition coefficient (Wildman–Crippen LogP) is 4.68. The summed E-state index contributed by atoms with van der Waals surface area (Å²) in [5.74, 6) is 0. The van der Waals surface area contributed by atoms with Gasteiger partial charge in [-0.3, -0.25) is 4.90 Å². The Bertz CT molecular complexity index is 534. The van der Waals surface area contributed by atoms with Crippen LogP contribution in [0.15, 0.2) is 12.1 Å². The van der Waals surface area contributed by atoms with E-state index in [1.807, 2.05) is 25.7 Å². The fraction of sp³-hybridized carbons (Fsp3) is 0.562. The predicted molar refractivity (Wildman–Crippen MR) is 90.4 cm³/mol. The highest BCUT2D eigenvalue weighted by molar-refractivity contribution is 14.1. The van der Waals surface area contributed by atoms with Crippen LogP contribution in [0, 0.1) is 10.5 Å². The van der Waals surface area contributed by atoms with Crippen LogP contribution in [-0.4, -0.2) is 17.7 Å². The summed E-state index contributed by atoms with van der Waals surface area (Å²) in [6, 6.07) is 4.47. The Morgan fingerprint density at radius 2 is 2.05 bits per heavy atom. The Hall–Kier alpha value is -0.780. The number of halogens is 1. The van der Waals surface area contributed by atoms with E-state index < -0.39 is 5.60 Å². The van der Waals surface area contributed by atoms with Crippen LogP contribution >= 0.6 is 22.6 Å². The second-order valence-electron chi connectivity index (χ2n) is 6.47. The topological polar surface area (TPSA) is 29.5 Å². The molecular weight excluding hydrogens is 365 g/mol. The molecule has 1 aromatic rings. The zero-order valence-corrected chi connectivity index (χ0v) is 14.9. The molecule has 0 fully saturated rings. The van der Waals surface area contributed by atoms with Gasteiger partial charge in [-0.15, -0.1) is 0 Å². The van der Waals surface area contributed by atoms with Gasteiger partial charge in [0.05, 0.1) is 5.69 Å². The minimum Gasteiger partial charge on any atom is -0.443 e. The molecule has 1 amide bonds. The quantitative estimate of drug-likeness (QED) is 0.606. The normalized spacial score (nSPS) is 18.7. The van der Waals surface area contributed by atoms with E-state index >= 15 is 0 Å². The molecule has 0 spiro atoms. The van der Waals surface area contributed by atoms with Crippen molar-refractivity contribution in [2.45, 2.75) is 59.1 Å². The van der Waals surface area contributed by atoms with Crippen LogP contribution in [-0.2, 0) is 11.2 Å². The first-order valence-electron chi connectivity index (χ1n) is 7.00. The van der Waals surface area contributed by atoms with Crippen molar-refractivity contribution in [2.24, 2.45) is 0 Å². The third-order valence-electron chi connectivity index (χ3n) is 3.45. The van der Waals surface area contributed by atoms with Crippen LogP contribution in [0.2, 0.25) is 0 Å². The van der Waals surface area contributed by atoms with Crippen molar-refractivity contribution >= 4 is 34.4 Å². The van der Waals surface area contributed by atoms with Crippen molar-refractivity contribution in [1.82, 2.24) is 0 Å². The highest BCUT2D eigenvalue weighted by Crippen LogP contribution is 2.36. The zero-order valence-electron chi connectivity index (χ0n) is 12.8. The SMILES string of the molecule is Cc1cc(I)cc2c1N(C(=O)OC(C)(C)C)C(C)CC2. The summed E-state index contributed by atoms with van der Waals surface area (Å²) in [6.45, 7) is 9.87. The Balaban J connectivity index is 2.42. The molecular formula is C16H22INO2. The zero-order chi connectivity index (χ0) is 15.1. The van der Waals surface area contributed by atoms with Crippen LogP contribution in [0.25, 0.3) is 0 Å². The Morgan fingerprint density at radius 1 is 1.40 bits per heavy atom. The van der Waals surface area contributed by atoms with Crippen molar-refractivity contribution in [1.29, 1.82) is 0 Å². The van der Waals surface area contributed by atoms with Gasteiger partial charge >= 0.3 is 6.09 Å². The molecule has 3 nitrogen and oxygen atoms in total. The number of ether oxygens (including phenoxy) is 1. The van der Waals surface area contributed by atoms with Crippen LogP contribution < -0.4 is 4.90 Å². The Kier molecular flexibility index (Phi) is 4.33. The summed E-state index contributed by atoms with van der Waals surface area (Å²) in [5.41, 5.74) is 2.96. The Labute approximate surface area is 134 Å². The van der Waals surface area contributed by atoms with E-state index in [2.05, 4.69) is 48.6 Å². The number of hydrogen-bond donors (Lipinski definition) is 0. The maximum absolute atomic E-state index is 12.5. The smallest absolute Gasteiger partial charge is 0.415 e. The van der Waals surface area contributed by atoms with Crippen molar-refractivity contribution in [3.63, 3.8) is 0 Å². The highest BCUT2D eigenvalue weighted by atomic mass is 127. The van der Waals surface area contributed by atoms with Gasteiger partial charge in [-0.05, 0) is 93.3 Å². The third kappa shape index (κ3) is 3.27. The molecule has 1 atom stereocenters. The van der Waals surface area contributed by atoms with E-state index in [4.69, 9.17) is 4.74 Å². The number of benzene rings is 1. The number of anilines is 1. The fourth-order valence-corrected chi connectivity index (χ4v) is 3.48. The molecule has 1 heterocycles. The van der Waals surface area contributed by atoms with Gasteiger partial charge in [-0.2, -0.15) is 0 Å². The number of amides is 1. The number of hydrogen-bond acceptors (Lipinski definition) is 2. The lowest BCUT2D eigenvalue weighted by molar-refractivity contribution is 0.0563. The summed E-state index contributed by atoms with van der Waals surface area (Å²) in [7, 11) is 0. The molecule has 0 aliphatic carbocycles. The molecule has 4 heteroatoms. The van der Waals surface area contributed by atoms with Gasteiger partial charge in [0.15, 0.2) is 0 Å². The largest absolute Gasteiger partial charge is 0.443 e. The number of nitrogens with zero attached hydrogens (tertiary/aromatic N) is 1. The first kappa shape index (κ1) is 15.6. The molecule has 0 aromatic heterocycles. The first-order valence-corrected chi connectivity index (χ1v) is 8.08.